The quantitative estimate of drug-likeness (QED) is 0.180. The van der Waals surface area contributed by atoms with Gasteiger partial charge in [0.15, 0.2) is 23.0 Å². The number of benzene rings is 2. The minimum Gasteiger partial charge on any atom is -0.502 e. The van der Waals surface area contributed by atoms with Crippen molar-refractivity contribution in [2.75, 3.05) is 54.6 Å². The zero-order chi connectivity index (χ0) is 29.5. The van der Waals surface area contributed by atoms with E-state index in [1.807, 2.05) is 0 Å². The first-order valence-corrected chi connectivity index (χ1v) is 12.8. The number of phenols is 2. The minimum atomic E-state index is -0.304. The van der Waals surface area contributed by atoms with Crippen LogP contribution in [0.5, 0.6) is 34.5 Å². The van der Waals surface area contributed by atoms with Gasteiger partial charge in [0.05, 0.1) is 28.4 Å². The number of aromatic hydroxyl groups is 2. The topological polar surface area (TPSA) is 153 Å². The van der Waals surface area contributed by atoms with Crippen molar-refractivity contribution >= 4 is 24.0 Å². The number of rotatable bonds is 16. The van der Waals surface area contributed by atoms with Crippen molar-refractivity contribution in [1.29, 1.82) is 0 Å². The van der Waals surface area contributed by atoms with Crippen molar-refractivity contribution in [1.82, 2.24) is 10.2 Å². The van der Waals surface area contributed by atoms with E-state index in [1.165, 1.54) is 40.6 Å². The van der Waals surface area contributed by atoms with Crippen LogP contribution >= 0.6 is 0 Å². The third kappa shape index (κ3) is 9.42. The molecule has 0 heterocycles. The summed E-state index contributed by atoms with van der Waals surface area (Å²) in [6.45, 7) is 1.86. The van der Waals surface area contributed by atoms with Gasteiger partial charge in [-0.25, -0.2) is 0 Å². The second kappa shape index (κ2) is 16.6. The maximum atomic E-state index is 13.0. The van der Waals surface area contributed by atoms with E-state index >= 15 is 0 Å². The third-order valence-electron chi connectivity index (χ3n) is 5.95. The van der Waals surface area contributed by atoms with Gasteiger partial charge < -0.3 is 45.1 Å². The number of phenolic OH excluding ortho intramolecular Hbond substituents is 2. The van der Waals surface area contributed by atoms with E-state index < -0.39 is 0 Å². The lowest BCUT2D eigenvalue weighted by Gasteiger charge is -2.21. The Labute approximate surface area is 234 Å². The van der Waals surface area contributed by atoms with Crippen LogP contribution in [-0.4, -0.2) is 81.5 Å². The van der Waals surface area contributed by atoms with Gasteiger partial charge in [0.25, 0.3) is 0 Å². The molecule has 0 aromatic heterocycles. The van der Waals surface area contributed by atoms with Gasteiger partial charge in [-0.1, -0.05) is 0 Å². The summed E-state index contributed by atoms with van der Waals surface area (Å²) < 4.78 is 20.6. The van der Waals surface area contributed by atoms with E-state index in [2.05, 4.69) is 5.32 Å². The highest BCUT2D eigenvalue weighted by atomic mass is 16.5. The Morgan fingerprint density at radius 1 is 0.775 bits per heavy atom. The Kier molecular flexibility index (Phi) is 13.2. The molecule has 2 amide bonds. The number of hydrogen-bond donors (Lipinski definition) is 4. The molecule has 0 atom stereocenters. The molecule has 2 aromatic carbocycles. The van der Waals surface area contributed by atoms with Crippen LogP contribution < -0.4 is 30.0 Å². The fourth-order valence-electron chi connectivity index (χ4n) is 3.78. The van der Waals surface area contributed by atoms with Gasteiger partial charge >= 0.3 is 0 Å². The van der Waals surface area contributed by atoms with Crippen LogP contribution in [0.2, 0.25) is 0 Å². The van der Waals surface area contributed by atoms with Crippen LogP contribution in [0.25, 0.3) is 12.2 Å². The van der Waals surface area contributed by atoms with E-state index in [0.29, 0.717) is 43.7 Å². The summed E-state index contributed by atoms with van der Waals surface area (Å²) in [5.74, 6) is 0.213. The van der Waals surface area contributed by atoms with E-state index in [0.717, 1.165) is 12.8 Å². The summed E-state index contributed by atoms with van der Waals surface area (Å²) >= 11 is 0. The first-order chi connectivity index (χ1) is 19.3. The van der Waals surface area contributed by atoms with Crippen molar-refractivity contribution < 1.29 is 38.7 Å². The van der Waals surface area contributed by atoms with Crippen molar-refractivity contribution in [2.45, 2.75) is 19.3 Å². The number of nitrogens with zero attached hydrogens (tertiary/aromatic N) is 1. The molecule has 0 aliphatic rings. The normalized spacial score (nSPS) is 11.0. The second-order valence-corrected chi connectivity index (χ2v) is 8.68. The molecule has 0 saturated heterocycles. The fourth-order valence-corrected chi connectivity index (χ4v) is 3.78. The van der Waals surface area contributed by atoms with Crippen molar-refractivity contribution in [2.24, 2.45) is 5.73 Å². The summed E-state index contributed by atoms with van der Waals surface area (Å²) in [5, 5.41) is 22.9. The number of unbranched alkanes of at least 4 members (excludes halogenated alkanes) is 1. The molecule has 0 saturated carbocycles. The van der Waals surface area contributed by atoms with Gasteiger partial charge in [0.2, 0.25) is 23.3 Å². The van der Waals surface area contributed by atoms with Gasteiger partial charge in [-0.3, -0.25) is 9.59 Å². The Hall–Kier alpha value is -4.38. The maximum Gasteiger partial charge on any atom is 0.246 e. The molecule has 0 bridgehead atoms. The second-order valence-electron chi connectivity index (χ2n) is 8.68. The molecule has 2 aromatic rings. The largest absolute Gasteiger partial charge is 0.502 e. The molecule has 0 fully saturated rings. The lowest BCUT2D eigenvalue weighted by Crippen LogP contribution is -2.34. The number of amides is 2. The van der Waals surface area contributed by atoms with Gasteiger partial charge in [-0.15, -0.1) is 0 Å². The van der Waals surface area contributed by atoms with Crippen LogP contribution in [0, 0.1) is 0 Å². The fraction of sp³-hybridized carbons (Fsp3) is 0.379. The zero-order valence-electron chi connectivity index (χ0n) is 23.4. The summed E-state index contributed by atoms with van der Waals surface area (Å²) in [6, 6.07) is 6.39. The van der Waals surface area contributed by atoms with Crippen molar-refractivity contribution in [3.63, 3.8) is 0 Å². The van der Waals surface area contributed by atoms with E-state index in [9.17, 15) is 19.8 Å². The van der Waals surface area contributed by atoms with Crippen LogP contribution in [0.15, 0.2) is 36.4 Å². The minimum absolute atomic E-state index is 0.115. The van der Waals surface area contributed by atoms with Crippen molar-refractivity contribution in [3.8, 4) is 34.5 Å². The number of carbonyl (C=O) groups is 2. The smallest absolute Gasteiger partial charge is 0.246 e. The van der Waals surface area contributed by atoms with Crippen LogP contribution in [0.1, 0.15) is 30.4 Å². The third-order valence-corrected chi connectivity index (χ3v) is 5.95. The molecule has 0 radical (unpaired) electrons. The predicted molar refractivity (Wildman–Crippen MR) is 153 cm³/mol. The molecule has 11 heteroatoms. The Balaban J connectivity index is 1.97. The first-order valence-electron chi connectivity index (χ1n) is 12.8. The average molecular weight is 558 g/mol. The average Bonchev–Trinajstić information content (AvgIpc) is 2.96. The molecule has 2 rings (SSSR count). The molecule has 218 valence electrons. The number of nitrogens with one attached hydrogen (secondary N) is 1. The zero-order valence-corrected chi connectivity index (χ0v) is 23.4. The van der Waals surface area contributed by atoms with Crippen LogP contribution in [-0.2, 0) is 9.59 Å². The highest BCUT2D eigenvalue weighted by Gasteiger charge is 2.13. The molecular formula is C29H39N3O8. The molecule has 40 heavy (non-hydrogen) atoms. The van der Waals surface area contributed by atoms with Crippen molar-refractivity contribution in [3.05, 3.63) is 47.5 Å². The first kappa shape index (κ1) is 31.8. The molecule has 5 N–H and O–H groups in total. The highest BCUT2D eigenvalue weighted by molar-refractivity contribution is 5.92. The molecule has 0 aliphatic heterocycles. The Morgan fingerprint density at radius 3 is 1.68 bits per heavy atom. The standard InChI is InChI=1S/C29H39N3O8/c1-37-22-16-20(17-23(38-2)28(22)35)8-10-26(33)31-13-7-15-32(14-6-5-12-30)27(34)11-9-21-18-24(39-3)29(36)25(19-21)40-4/h8-11,16-19,35-36H,5-7,12-15,30H2,1-4H3,(H,31,33). The number of ether oxygens (including phenoxy) is 4. The summed E-state index contributed by atoms with van der Waals surface area (Å²) in [5.41, 5.74) is 6.86. The molecule has 11 nitrogen and oxygen atoms in total. The molecule has 0 unspecified atom stereocenters. The van der Waals surface area contributed by atoms with E-state index in [-0.39, 0.29) is 46.3 Å². The summed E-state index contributed by atoms with van der Waals surface area (Å²) in [4.78, 5) is 27.0. The SMILES string of the molecule is COc1cc(C=CC(=O)NCCCN(CCCCN)C(=O)C=Cc2cc(OC)c(O)c(OC)c2)cc(OC)c1O. The number of nitrogens with two attached hydrogens (primary N) is 1. The van der Waals surface area contributed by atoms with Gasteiger partial charge in [0.1, 0.15) is 0 Å². The monoisotopic (exact) mass is 557 g/mol. The predicted octanol–water partition coefficient (Wildman–Crippen LogP) is 2.93. The van der Waals surface area contributed by atoms with Gasteiger partial charge in [0, 0.05) is 31.8 Å². The summed E-state index contributed by atoms with van der Waals surface area (Å²) in [6.07, 6.45) is 8.13. The summed E-state index contributed by atoms with van der Waals surface area (Å²) in [7, 11) is 5.72. The maximum absolute atomic E-state index is 13.0. The highest BCUT2D eigenvalue weighted by Crippen LogP contribution is 2.38. The Bertz CT molecular complexity index is 1150. The van der Waals surface area contributed by atoms with Crippen LogP contribution in [0.4, 0.5) is 0 Å². The molecule has 0 spiro atoms. The Morgan fingerprint density at radius 2 is 1.23 bits per heavy atom. The van der Waals surface area contributed by atoms with Crippen LogP contribution in [0.3, 0.4) is 0 Å². The lowest BCUT2D eigenvalue weighted by atomic mass is 10.1. The lowest BCUT2D eigenvalue weighted by molar-refractivity contribution is -0.126. The molecular weight excluding hydrogens is 518 g/mol. The molecule has 0 aliphatic carbocycles. The van der Waals surface area contributed by atoms with Gasteiger partial charge in [-0.05, 0) is 73.4 Å². The number of methoxy groups -OCH3 is 4. The van der Waals surface area contributed by atoms with E-state index in [4.69, 9.17) is 24.7 Å². The number of hydrogen-bond acceptors (Lipinski definition) is 9. The van der Waals surface area contributed by atoms with Gasteiger partial charge in [-0.2, -0.15) is 0 Å². The van der Waals surface area contributed by atoms with E-state index in [1.54, 1.807) is 41.3 Å². The number of carbonyl (C=O) groups excluding carboxylic acids is 2.